The first kappa shape index (κ1) is 19.8. The minimum atomic E-state index is -1.21. The number of rotatable bonds is 5. The maximum Gasteiger partial charge on any atom is 0.339 e. The number of nitrogens with one attached hydrogen (secondary N) is 2. The molecular formula is C20H20N2O5. The Labute approximate surface area is 156 Å². The molecule has 3 amide bonds. The summed E-state index contributed by atoms with van der Waals surface area (Å²) < 4.78 is 5.11. The largest absolute Gasteiger partial charge is 0.449 e. The summed E-state index contributed by atoms with van der Waals surface area (Å²) in [6, 6.07) is 12.5. The van der Waals surface area contributed by atoms with Crippen LogP contribution in [0.5, 0.6) is 0 Å². The van der Waals surface area contributed by atoms with E-state index in [9.17, 15) is 19.2 Å². The molecule has 0 heterocycles. The molecule has 140 valence electrons. The first-order valence-electron chi connectivity index (χ1n) is 8.27. The van der Waals surface area contributed by atoms with E-state index in [-0.39, 0.29) is 16.9 Å². The number of esters is 1. The van der Waals surface area contributed by atoms with Gasteiger partial charge in [-0.2, -0.15) is 0 Å². The molecule has 27 heavy (non-hydrogen) atoms. The normalized spacial score (nSPS) is 11.2. The number of carbonyl (C=O) groups excluding carboxylic acids is 4. The summed E-state index contributed by atoms with van der Waals surface area (Å²) in [4.78, 5) is 48.2. The van der Waals surface area contributed by atoms with E-state index in [1.165, 1.54) is 26.1 Å². The molecule has 2 aromatic carbocycles. The molecule has 7 nitrogen and oxygen atoms in total. The third-order valence-electron chi connectivity index (χ3n) is 3.82. The van der Waals surface area contributed by atoms with Crippen molar-refractivity contribution in [1.29, 1.82) is 0 Å². The molecule has 0 fully saturated rings. The van der Waals surface area contributed by atoms with Gasteiger partial charge in [0.1, 0.15) is 0 Å². The summed E-state index contributed by atoms with van der Waals surface area (Å²) in [5.74, 6) is -1.93. The minimum absolute atomic E-state index is 0.0441. The number of hydrogen-bond acceptors (Lipinski definition) is 5. The lowest BCUT2D eigenvalue weighted by molar-refractivity contribution is -0.127. The van der Waals surface area contributed by atoms with Crippen molar-refractivity contribution < 1.29 is 23.9 Å². The average molecular weight is 368 g/mol. The van der Waals surface area contributed by atoms with Gasteiger partial charge < -0.3 is 10.1 Å². The lowest BCUT2D eigenvalue weighted by atomic mass is 9.98. The van der Waals surface area contributed by atoms with Gasteiger partial charge in [0, 0.05) is 18.2 Å². The number of amides is 3. The van der Waals surface area contributed by atoms with E-state index in [1.807, 2.05) is 12.2 Å². The highest BCUT2D eigenvalue weighted by Gasteiger charge is 2.24. The van der Waals surface area contributed by atoms with Crippen LogP contribution in [0.1, 0.15) is 38.8 Å². The molecule has 0 spiro atoms. The summed E-state index contributed by atoms with van der Waals surface area (Å²) in [6.45, 7) is 3.24. The standard InChI is InChI=1S/C20H20N2O5/c1-12-8-10-14(11-9-12)17(23)15-6-4-5-7-16(15)19(25)27-13(2)18(24)22-20(26)21-3/h4-11,13H,1-3H3,(H2,21,22,24,26)/t13-/m0/s1. The Bertz CT molecular complexity index is 874. The quantitative estimate of drug-likeness (QED) is 0.622. The Balaban J connectivity index is 2.20. The SMILES string of the molecule is CNC(=O)NC(=O)[C@H](C)OC(=O)c1ccccc1C(=O)c1ccc(C)cc1. The average Bonchev–Trinajstić information content (AvgIpc) is 2.67. The number of imide groups is 1. The van der Waals surface area contributed by atoms with Gasteiger partial charge in [-0.15, -0.1) is 0 Å². The van der Waals surface area contributed by atoms with Crippen LogP contribution >= 0.6 is 0 Å². The Morgan fingerprint density at radius 1 is 0.926 bits per heavy atom. The number of ketones is 1. The molecule has 2 N–H and O–H groups in total. The zero-order valence-electron chi connectivity index (χ0n) is 15.2. The van der Waals surface area contributed by atoms with Crippen LogP contribution in [0.15, 0.2) is 48.5 Å². The minimum Gasteiger partial charge on any atom is -0.449 e. The summed E-state index contributed by atoms with van der Waals surface area (Å²) in [5, 5.41) is 4.25. The first-order valence-corrected chi connectivity index (χ1v) is 8.27. The fourth-order valence-corrected chi connectivity index (χ4v) is 2.27. The molecule has 2 aromatic rings. The molecule has 0 aliphatic rings. The summed E-state index contributed by atoms with van der Waals surface area (Å²) in [7, 11) is 1.35. The van der Waals surface area contributed by atoms with Crippen molar-refractivity contribution in [1.82, 2.24) is 10.6 Å². The van der Waals surface area contributed by atoms with Crippen molar-refractivity contribution in [2.24, 2.45) is 0 Å². The number of carbonyl (C=O) groups is 4. The van der Waals surface area contributed by atoms with Crippen LogP contribution in [0.25, 0.3) is 0 Å². The van der Waals surface area contributed by atoms with Gasteiger partial charge >= 0.3 is 12.0 Å². The maximum atomic E-state index is 12.7. The fourth-order valence-electron chi connectivity index (χ4n) is 2.27. The van der Waals surface area contributed by atoms with E-state index in [0.717, 1.165) is 5.56 Å². The number of aryl methyl sites for hydroxylation is 1. The molecule has 0 saturated carbocycles. The van der Waals surface area contributed by atoms with Gasteiger partial charge in [-0.25, -0.2) is 9.59 Å². The van der Waals surface area contributed by atoms with Crippen molar-refractivity contribution in [3.05, 3.63) is 70.8 Å². The van der Waals surface area contributed by atoms with Crippen LogP contribution < -0.4 is 10.6 Å². The molecule has 7 heteroatoms. The van der Waals surface area contributed by atoms with E-state index in [1.54, 1.807) is 36.4 Å². The van der Waals surface area contributed by atoms with Crippen molar-refractivity contribution >= 4 is 23.7 Å². The Morgan fingerprint density at radius 3 is 2.11 bits per heavy atom. The highest BCUT2D eigenvalue weighted by atomic mass is 16.5. The van der Waals surface area contributed by atoms with E-state index >= 15 is 0 Å². The molecule has 0 unspecified atom stereocenters. The maximum absolute atomic E-state index is 12.7. The molecule has 0 aromatic heterocycles. The zero-order chi connectivity index (χ0) is 20.0. The molecule has 0 saturated heterocycles. The Hall–Kier alpha value is -3.48. The van der Waals surface area contributed by atoms with Crippen LogP contribution in [-0.4, -0.2) is 36.8 Å². The van der Waals surface area contributed by atoms with Gasteiger partial charge in [0.15, 0.2) is 11.9 Å². The third kappa shape index (κ3) is 5.01. The fraction of sp³-hybridized carbons (Fsp3) is 0.200. The molecule has 0 aliphatic heterocycles. The smallest absolute Gasteiger partial charge is 0.339 e. The van der Waals surface area contributed by atoms with Crippen LogP contribution in [0.2, 0.25) is 0 Å². The highest BCUT2D eigenvalue weighted by Crippen LogP contribution is 2.17. The zero-order valence-corrected chi connectivity index (χ0v) is 15.2. The number of urea groups is 1. The number of hydrogen-bond donors (Lipinski definition) is 2. The molecule has 0 radical (unpaired) electrons. The van der Waals surface area contributed by atoms with Gasteiger partial charge in [0.25, 0.3) is 5.91 Å². The molecule has 0 bridgehead atoms. The lowest BCUT2D eigenvalue weighted by Gasteiger charge is -2.14. The molecule has 1 atom stereocenters. The van der Waals surface area contributed by atoms with E-state index < -0.39 is 24.0 Å². The Kier molecular flexibility index (Phi) is 6.43. The number of benzene rings is 2. The van der Waals surface area contributed by atoms with Crippen LogP contribution in [0.4, 0.5) is 4.79 Å². The number of ether oxygens (including phenoxy) is 1. The van der Waals surface area contributed by atoms with Gasteiger partial charge in [0.2, 0.25) is 0 Å². The highest BCUT2D eigenvalue weighted by molar-refractivity contribution is 6.14. The first-order chi connectivity index (χ1) is 12.8. The van der Waals surface area contributed by atoms with Crippen LogP contribution in [0, 0.1) is 6.92 Å². The van der Waals surface area contributed by atoms with Gasteiger partial charge in [-0.1, -0.05) is 48.0 Å². The Morgan fingerprint density at radius 2 is 1.52 bits per heavy atom. The van der Waals surface area contributed by atoms with Crippen molar-refractivity contribution in [3.8, 4) is 0 Å². The van der Waals surface area contributed by atoms with Crippen molar-refractivity contribution in [2.75, 3.05) is 7.05 Å². The third-order valence-corrected chi connectivity index (χ3v) is 3.82. The monoisotopic (exact) mass is 368 g/mol. The van der Waals surface area contributed by atoms with Crippen molar-refractivity contribution in [3.63, 3.8) is 0 Å². The van der Waals surface area contributed by atoms with Crippen LogP contribution in [-0.2, 0) is 9.53 Å². The second-order valence-corrected chi connectivity index (χ2v) is 5.86. The lowest BCUT2D eigenvalue weighted by Crippen LogP contribution is -2.43. The van der Waals surface area contributed by atoms with Gasteiger partial charge in [-0.3, -0.25) is 14.9 Å². The van der Waals surface area contributed by atoms with Crippen LogP contribution in [0.3, 0.4) is 0 Å². The summed E-state index contributed by atoms with van der Waals surface area (Å²) in [5.41, 5.74) is 1.66. The topological polar surface area (TPSA) is 102 Å². The summed E-state index contributed by atoms with van der Waals surface area (Å²) in [6.07, 6.45) is -1.21. The predicted molar refractivity (Wildman–Crippen MR) is 98.5 cm³/mol. The van der Waals surface area contributed by atoms with Gasteiger partial charge in [-0.05, 0) is 19.9 Å². The van der Waals surface area contributed by atoms with E-state index in [0.29, 0.717) is 5.56 Å². The second kappa shape index (κ2) is 8.75. The summed E-state index contributed by atoms with van der Waals surface area (Å²) >= 11 is 0. The van der Waals surface area contributed by atoms with Gasteiger partial charge in [0.05, 0.1) is 5.56 Å². The molecule has 0 aliphatic carbocycles. The van der Waals surface area contributed by atoms with E-state index in [4.69, 9.17) is 4.74 Å². The second-order valence-electron chi connectivity index (χ2n) is 5.86. The van der Waals surface area contributed by atoms with Crippen molar-refractivity contribution in [2.45, 2.75) is 20.0 Å². The van der Waals surface area contributed by atoms with E-state index in [2.05, 4.69) is 5.32 Å². The molecular weight excluding hydrogens is 348 g/mol. The predicted octanol–water partition coefficient (Wildman–Crippen LogP) is 2.23. The molecule has 2 rings (SSSR count).